The van der Waals surface area contributed by atoms with Crippen molar-refractivity contribution in [3.8, 4) is 0 Å². The number of hydrogen-bond acceptors (Lipinski definition) is 0. The van der Waals surface area contributed by atoms with Crippen LogP contribution in [0.5, 0.6) is 0 Å². The van der Waals surface area contributed by atoms with Crippen LogP contribution in [0.15, 0.2) is 24.3 Å². The van der Waals surface area contributed by atoms with Crippen molar-refractivity contribution >= 4 is 0 Å². The number of halogens is 5. The summed E-state index contributed by atoms with van der Waals surface area (Å²) in [5.74, 6) is -0.741. The van der Waals surface area contributed by atoms with Crippen LogP contribution in [0, 0.1) is 29.4 Å². The van der Waals surface area contributed by atoms with Crippen molar-refractivity contribution in [2.75, 3.05) is 0 Å². The normalized spacial score (nSPS) is 28.2. The van der Waals surface area contributed by atoms with Crippen LogP contribution in [0.1, 0.15) is 94.6 Å². The maximum absolute atomic E-state index is 13.9. The van der Waals surface area contributed by atoms with E-state index in [4.69, 9.17) is 0 Å². The third-order valence-corrected chi connectivity index (χ3v) is 7.32. The molecule has 0 heterocycles. The topological polar surface area (TPSA) is 0 Å². The molecule has 0 N–H and O–H groups in total. The molecule has 1 aromatic rings. The summed E-state index contributed by atoms with van der Waals surface area (Å²) in [6.07, 6.45) is 11.9. The molecule has 0 saturated heterocycles. The Morgan fingerprint density at radius 3 is 1.73 bits per heavy atom. The molecule has 2 aliphatic rings. The lowest BCUT2D eigenvalue weighted by Gasteiger charge is -2.32. The van der Waals surface area contributed by atoms with Crippen LogP contribution in [0.4, 0.5) is 22.0 Å². The maximum Gasteiger partial charge on any atom is 0.422 e. The summed E-state index contributed by atoms with van der Waals surface area (Å²) < 4.78 is 66.1. The quantitative estimate of drug-likeness (QED) is 0.314. The number of hydrogen-bond donors (Lipinski definition) is 0. The average Bonchev–Trinajstić information content (AvgIpc) is 2.70. The Balaban J connectivity index is 1.44. The minimum Gasteiger partial charge on any atom is -0.206 e. The monoisotopic (exact) mass is 428 g/mol. The van der Waals surface area contributed by atoms with Crippen molar-refractivity contribution in [3.05, 3.63) is 47.0 Å². The van der Waals surface area contributed by atoms with Crippen LogP contribution >= 0.6 is 0 Å². The van der Waals surface area contributed by atoms with Crippen LogP contribution < -0.4 is 0 Å². The zero-order valence-corrected chi connectivity index (χ0v) is 17.8. The molecule has 2 saturated carbocycles. The lowest BCUT2D eigenvalue weighted by Crippen LogP contribution is -2.18. The fraction of sp³-hybridized carbons (Fsp3) is 0.680. The van der Waals surface area contributed by atoms with E-state index >= 15 is 0 Å². The summed E-state index contributed by atoms with van der Waals surface area (Å²) in [5, 5.41) is 0. The fourth-order valence-electron chi connectivity index (χ4n) is 5.44. The second-order valence-corrected chi connectivity index (χ2v) is 9.34. The van der Waals surface area contributed by atoms with Gasteiger partial charge in [0.25, 0.3) is 0 Å². The molecule has 0 amide bonds. The molecule has 0 unspecified atom stereocenters. The van der Waals surface area contributed by atoms with Crippen molar-refractivity contribution in [2.45, 2.75) is 89.6 Å². The predicted octanol–water partition coefficient (Wildman–Crippen LogP) is 8.81. The highest BCUT2D eigenvalue weighted by Crippen LogP contribution is 2.42. The molecule has 0 bridgehead atoms. The first kappa shape index (κ1) is 23.3. The second kappa shape index (κ2) is 10.3. The molecule has 0 atom stereocenters. The number of alkyl halides is 3. The zero-order chi connectivity index (χ0) is 21.7. The molecular formula is C25H33F5. The van der Waals surface area contributed by atoms with Gasteiger partial charge in [0.1, 0.15) is 17.2 Å². The summed E-state index contributed by atoms with van der Waals surface area (Å²) in [4.78, 5) is 0. The van der Waals surface area contributed by atoms with Gasteiger partial charge in [-0.1, -0.05) is 37.8 Å². The summed E-state index contributed by atoms with van der Waals surface area (Å²) >= 11 is 0. The van der Waals surface area contributed by atoms with Crippen LogP contribution in [-0.2, 0) is 6.18 Å². The Morgan fingerprint density at radius 1 is 0.800 bits per heavy atom. The molecule has 0 nitrogen and oxygen atoms in total. The van der Waals surface area contributed by atoms with E-state index in [9.17, 15) is 22.0 Å². The smallest absolute Gasteiger partial charge is 0.206 e. The van der Waals surface area contributed by atoms with E-state index in [1.165, 1.54) is 44.9 Å². The third-order valence-electron chi connectivity index (χ3n) is 7.32. The minimum atomic E-state index is -5.00. The average molecular weight is 429 g/mol. The second-order valence-electron chi connectivity index (χ2n) is 9.34. The van der Waals surface area contributed by atoms with Gasteiger partial charge in [-0.3, -0.25) is 0 Å². The summed E-state index contributed by atoms with van der Waals surface area (Å²) in [7, 11) is 0. The Morgan fingerprint density at radius 2 is 1.27 bits per heavy atom. The molecule has 1 aromatic carbocycles. The molecule has 0 aromatic heterocycles. The maximum atomic E-state index is 13.9. The molecule has 0 aliphatic heterocycles. The molecule has 5 heteroatoms. The molecule has 0 spiro atoms. The number of rotatable bonds is 6. The van der Waals surface area contributed by atoms with Crippen LogP contribution in [0.2, 0.25) is 0 Å². The van der Waals surface area contributed by atoms with Crippen molar-refractivity contribution in [1.82, 2.24) is 0 Å². The predicted molar refractivity (Wildman–Crippen MR) is 110 cm³/mol. The Bertz CT molecular complexity index is 682. The number of benzene rings is 1. The van der Waals surface area contributed by atoms with Gasteiger partial charge in [0.15, 0.2) is 0 Å². The Labute approximate surface area is 176 Å². The van der Waals surface area contributed by atoms with Crippen LogP contribution in [0.3, 0.4) is 0 Å². The fourth-order valence-corrected chi connectivity index (χ4v) is 5.44. The number of allylic oxidation sites excluding steroid dienone is 2. The zero-order valence-electron chi connectivity index (χ0n) is 17.8. The van der Waals surface area contributed by atoms with E-state index in [0.717, 1.165) is 49.7 Å². The summed E-state index contributed by atoms with van der Waals surface area (Å²) in [5.41, 5.74) is -1.41. The Hall–Kier alpha value is -1.39. The van der Waals surface area contributed by atoms with Gasteiger partial charge >= 0.3 is 6.18 Å². The first-order valence-corrected chi connectivity index (χ1v) is 11.4. The molecule has 2 fully saturated rings. The lowest BCUT2D eigenvalue weighted by molar-refractivity contribution is -0.142. The highest BCUT2D eigenvalue weighted by atomic mass is 19.4. The van der Waals surface area contributed by atoms with Gasteiger partial charge in [-0.15, -0.1) is 0 Å². The van der Waals surface area contributed by atoms with E-state index in [0.29, 0.717) is 11.5 Å². The van der Waals surface area contributed by atoms with E-state index in [-0.39, 0.29) is 5.92 Å². The van der Waals surface area contributed by atoms with E-state index in [2.05, 4.69) is 19.1 Å². The van der Waals surface area contributed by atoms with Crippen molar-refractivity contribution < 1.29 is 22.0 Å². The molecule has 3 rings (SSSR count). The van der Waals surface area contributed by atoms with Gasteiger partial charge in [-0.25, -0.2) is 8.78 Å². The molecular weight excluding hydrogens is 395 g/mol. The largest absolute Gasteiger partial charge is 0.422 e. The van der Waals surface area contributed by atoms with Crippen LogP contribution in [0.25, 0.3) is 0 Å². The lowest BCUT2D eigenvalue weighted by atomic mass is 9.74. The van der Waals surface area contributed by atoms with E-state index in [1.54, 1.807) is 0 Å². The highest BCUT2D eigenvalue weighted by molar-refractivity contribution is 5.30. The molecule has 168 valence electrons. The van der Waals surface area contributed by atoms with Gasteiger partial charge in [-0.2, -0.15) is 13.2 Å². The molecule has 0 radical (unpaired) electrons. The Kier molecular flexibility index (Phi) is 7.98. The highest BCUT2D eigenvalue weighted by Gasteiger charge is 2.38. The third kappa shape index (κ3) is 6.07. The van der Waals surface area contributed by atoms with Crippen molar-refractivity contribution in [1.29, 1.82) is 0 Å². The summed E-state index contributed by atoms with van der Waals surface area (Å²) in [6, 6.07) is 1.78. The van der Waals surface area contributed by atoms with Crippen molar-refractivity contribution in [3.63, 3.8) is 0 Å². The first-order valence-electron chi connectivity index (χ1n) is 11.4. The van der Waals surface area contributed by atoms with Crippen molar-refractivity contribution in [2.24, 2.45) is 17.8 Å². The van der Waals surface area contributed by atoms with Gasteiger partial charge in [0.05, 0.1) is 0 Å². The SMILES string of the molecule is C/C=C/C[C@H]1CC[C@H](CC[C@H]2CC[C@H](c3cc(F)c(C(F)(F)F)c(F)c3)CC2)CC1. The van der Waals surface area contributed by atoms with Gasteiger partial charge in [-0.05, 0) is 93.2 Å². The van der Waals surface area contributed by atoms with E-state index in [1.807, 2.05) is 0 Å². The minimum absolute atomic E-state index is 0.0467. The van der Waals surface area contributed by atoms with Gasteiger partial charge in [0.2, 0.25) is 0 Å². The summed E-state index contributed by atoms with van der Waals surface area (Å²) in [6.45, 7) is 2.07. The van der Waals surface area contributed by atoms with Crippen LogP contribution in [-0.4, -0.2) is 0 Å². The van der Waals surface area contributed by atoms with Gasteiger partial charge in [0, 0.05) is 0 Å². The van der Waals surface area contributed by atoms with E-state index < -0.39 is 23.4 Å². The molecule has 2 aliphatic carbocycles. The van der Waals surface area contributed by atoms with Gasteiger partial charge < -0.3 is 0 Å². The standard InChI is InChI=1S/C25H33F5/c1-2-3-4-17-5-7-18(8-6-17)9-10-19-11-13-20(14-12-19)21-15-22(26)24(23(27)16-21)25(28,29)30/h2-3,15-20H,4-14H2,1H3/b3-2+/t17-,18-,19-,20-. The molecule has 30 heavy (non-hydrogen) atoms. The first-order chi connectivity index (χ1) is 14.3.